The van der Waals surface area contributed by atoms with Crippen molar-refractivity contribution < 1.29 is 14.9 Å². The third kappa shape index (κ3) is 4.44. The average Bonchev–Trinajstić information content (AvgIpc) is 2.49. The molecule has 0 fully saturated rings. The zero-order valence-electron chi connectivity index (χ0n) is 11.2. The van der Waals surface area contributed by atoms with Crippen LogP contribution in [0.25, 0.3) is 0 Å². The van der Waals surface area contributed by atoms with Gasteiger partial charge in [0, 0.05) is 11.1 Å². The molecule has 2 rings (SSSR count). The molecule has 110 valence electrons. The highest BCUT2D eigenvalue weighted by molar-refractivity contribution is 6.58. The summed E-state index contributed by atoms with van der Waals surface area (Å²) in [4.78, 5) is 5.17. The molecule has 2 N–H and O–H groups in total. The van der Waals surface area contributed by atoms with Crippen molar-refractivity contribution in [1.29, 1.82) is 0 Å². The van der Waals surface area contributed by atoms with Gasteiger partial charge >= 0.3 is 7.12 Å². The molecule has 0 bridgehead atoms. The standard InChI is InChI=1S/C15H16BNO3.CH4/c1-2-20-17-15(12-6-4-3-5-7-12)13-8-10-14(11-9-13)16(18)19;/h3-11,18-19H,2H2,1H3;1H4/b17-15+;. The molecule has 0 atom stereocenters. The maximum atomic E-state index is 9.11. The number of oxime groups is 1. The first-order valence-electron chi connectivity index (χ1n) is 6.44. The van der Waals surface area contributed by atoms with Gasteiger partial charge in [0.1, 0.15) is 12.3 Å². The molecule has 0 saturated heterocycles. The molecule has 0 aliphatic rings. The molecule has 0 unspecified atom stereocenters. The van der Waals surface area contributed by atoms with Crippen LogP contribution >= 0.6 is 0 Å². The normalized spacial score (nSPS) is 10.7. The highest BCUT2D eigenvalue weighted by atomic mass is 16.6. The lowest BCUT2D eigenvalue weighted by molar-refractivity contribution is 0.159. The number of hydrogen-bond donors (Lipinski definition) is 2. The largest absolute Gasteiger partial charge is 0.488 e. The number of benzene rings is 2. The van der Waals surface area contributed by atoms with E-state index in [4.69, 9.17) is 14.9 Å². The highest BCUT2D eigenvalue weighted by Gasteiger charge is 2.12. The first kappa shape index (κ1) is 16.9. The Morgan fingerprint density at radius 3 is 2.10 bits per heavy atom. The quantitative estimate of drug-likeness (QED) is 0.500. The minimum absolute atomic E-state index is 0. The van der Waals surface area contributed by atoms with Crippen LogP contribution in [0.15, 0.2) is 59.8 Å². The number of nitrogens with zero attached hydrogens (tertiary/aromatic N) is 1. The second-order valence-corrected chi connectivity index (χ2v) is 4.22. The number of rotatable bonds is 5. The van der Waals surface area contributed by atoms with Crippen LogP contribution in [0.5, 0.6) is 0 Å². The second kappa shape index (κ2) is 8.24. The van der Waals surface area contributed by atoms with Gasteiger partial charge in [-0.1, -0.05) is 67.2 Å². The molecular formula is C16H20BNO3. The Morgan fingerprint density at radius 1 is 1.00 bits per heavy atom. The van der Waals surface area contributed by atoms with Crippen molar-refractivity contribution in [1.82, 2.24) is 0 Å². The third-order valence-electron chi connectivity index (χ3n) is 2.81. The SMILES string of the molecule is C.CCO/N=C(\c1ccccc1)c1ccc(B(O)O)cc1. The second-order valence-electron chi connectivity index (χ2n) is 4.22. The summed E-state index contributed by atoms with van der Waals surface area (Å²) < 4.78 is 0. The van der Waals surface area contributed by atoms with Crippen LogP contribution in [0, 0.1) is 0 Å². The maximum absolute atomic E-state index is 9.11. The smallest absolute Gasteiger partial charge is 0.423 e. The Labute approximate surface area is 125 Å². The van der Waals surface area contributed by atoms with Crippen LogP contribution in [0.2, 0.25) is 0 Å². The molecule has 0 spiro atoms. The summed E-state index contributed by atoms with van der Waals surface area (Å²) in [5, 5.41) is 22.4. The highest BCUT2D eigenvalue weighted by Crippen LogP contribution is 2.10. The summed E-state index contributed by atoms with van der Waals surface area (Å²) in [5.41, 5.74) is 2.95. The van der Waals surface area contributed by atoms with Crippen molar-refractivity contribution in [3.63, 3.8) is 0 Å². The van der Waals surface area contributed by atoms with Gasteiger partial charge in [0.05, 0.1) is 0 Å². The molecule has 21 heavy (non-hydrogen) atoms. The van der Waals surface area contributed by atoms with E-state index in [9.17, 15) is 0 Å². The molecule has 0 radical (unpaired) electrons. The van der Waals surface area contributed by atoms with E-state index < -0.39 is 7.12 Å². The molecule has 2 aromatic rings. The summed E-state index contributed by atoms with van der Waals surface area (Å²) in [5.74, 6) is 0. The van der Waals surface area contributed by atoms with E-state index >= 15 is 0 Å². The Bertz CT molecular complexity index is 568. The van der Waals surface area contributed by atoms with Crippen molar-refractivity contribution in [2.45, 2.75) is 14.4 Å². The van der Waals surface area contributed by atoms with Crippen LogP contribution in [0.1, 0.15) is 25.5 Å². The van der Waals surface area contributed by atoms with Crippen molar-refractivity contribution in [2.75, 3.05) is 6.61 Å². The molecule has 0 aliphatic heterocycles. The van der Waals surface area contributed by atoms with Gasteiger partial charge in [-0.2, -0.15) is 0 Å². The maximum Gasteiger partial charge on any atom is 0.488 e. The molecule has 0 heterocycles. The zero-order chi connectivity index (χ0) is 14.4. The van der Waals surface area contributed by atoms with Crippen molar-refractivity contribution in [3.8, 4) is 0 Å². The average molecular weight is 285 g/mol. The molecule has 0 saturated carbocycles. The Balaban J connectivity index is 0.00000220. The predicted octanol–water partition coefficient (Wildman–Crippen LogP) is 1.79. The van der Waals surface area contributed by atoms with Gasteiger partial charge in [0.15, 0.2) is 0 Å². The minimum Gasteiger partial charge on any atom is -0.423 e. The van der Waals surface area contributed by atoms with Gasteiger partial charge < -0.3 is 14.9 Å². The van der Waals surface area contributed by atoms with Gasteiger partial charge in [0.2, 0.25) is 0 Å². The van der Waals surface area contributed by atoms with Crippen LogP contribution in [-0.4, -0.2) is 29.5 Å². The van der Waals surface area contributed by atoms with E-state index in [0.29, 0.717) is 17.8 Å². The number of hydrogen-bond acceptors (Lipinski definition) is 4. The summed E-state index contributed by atoms with van der Waals surface area (Å²) in [6.07, 6.45) is 0. The fraction of sp³-hybridized carbons (Fsp3) is 0.188. The molecule has 5 heteroatoms. The van der Waals surface area contributed by atoms with E-state index in [-0.39, 0.29) is 7.43 Å². The lowest BCUT2D eigenvalue weighted by atomic mass is 9.80. The van der Waals surface area contributed by atoms with Crippen LogP contribution in [0.4, 0.5) is 0 Å². The predicted molar refractivity (Wildman–Crippen MR) is 86.7 cm³/mol. The van der Waals surface area contributed by atoms with Crippen molar-refractivity contribution in [3.05, 3.63) is 65.7 Å². The molecular weight excluding hydrogens is 265 g/mol. The fourth-order valence-corrected chi connectivity index (χ4v) is 1.81. The molecule has 4 nitrogen and oxygen atoms in total. The molecule has 0 amide bonds. The van der Waals surface area contributed by atoms with E-state index in [0.717, 1.165) is 11.1 Å². The molecule has 2 aromatic carbocycles. The van der Waals surface area contributed by atoms with Gasteiger partial charge in [-0.3, -0.25) is 0 Å². The first-order chi connectivity index (χ1) is 9.72. The van der Waals surface area contributed by atoms with E-state index in [1.807, 2.05) is 37.3 Å². The minimum atomic E-state index is -1.46. The van der Waals surface area contributed by atoms with Crippen LogP contribution in [0.3, 0.4) is 0 Å². The zero-order valence-corrected chi connectivity index (χ0v) is 11.2. The lowest BCUT2D eigenvalue weighted by Gasteiger charge is -2.08. The first-order valence-corrected chi connectivity index (χ1v) is 6.44. The van der Waals surface area contributed by atoms with Gasteiger partial charge in [-0.05, 0) is 12.4 Å². The Hall–Kier alpha value is -2.11. The Morgan fingerprint density at radius 2 is 1.57 bits per heavy atom. The molecule has 0 aliphatic carbocycles. The summed E-state index contributed by atoms with van der Waals surface area (Å²) >= 11 is 0. The summed E-state index contributed by atoms with van der Waals surface area (Å²) in [7, 11) is -1.46. The molecule has 0 aromatic heterocycles. The topological polar surface area (TPSA) is 62.0 Å². The fourth-order valence-electron chi connectivity index (χ4n) is 1.81. The van der Waals surface area contributed by atoms with E-state index in [1.165, 1.54) is 0 Å². The van der Waals surface area contributed by atoms with E-state index in [1.54, 1.807) is 24.3 Å². The summed E-state index contributed by atoms with van der Waals surface area (Å²) in [6, 6.07) is 16.6. The van der Waals surface area contributed by atoms with Gasteiger partial charge in [-0.15, -0.1) is 0 Å². The van der Waals surface area contributed by atoms with Crippen LogP contribution < -0.4 is 5.46 Å². The monoisotopic (exact) mass is 285 g/mol. The van der Waals surface area contributed by atoms with E-state index in [2.05, 4.69) is 5.16 Å². The summed E-state index contributed by atoms with van der Waals surface area (Å²) in [6.45, 7) is 2.36. The van der Waals surface area contributed by atoms with Crippen LogP contribution in [-0.2, 0) is 4.84 Å². The van der Waals surface area contributed by atoms with Crippen molar-refractivity contribution in [2.24, 2.45) is 5.16 Å². The lowest BCUT2D eigenvalue weighted by Crippen LogP contribution is -2.29. The van der Waals surface area contributed by atoms with Crippen molar-refractivity contribution >= 4 is 18.3 Å². The van der Waals surface area contributed by atoms with Gasteiger partial charge in [0.25, 0.3) is 0 Å². The third-order valence-corrected chi connectivity index (χ3v) is 2.81. The Kier molecular flexibility index (Phi) is 6.65. The van der Waals surface area contributed by atoms with Gasteiger partial charge in [-0.25, -0.2) is 0 Å².